The molecular formula is C16H9F3N2O2. The van der Waals surface area contributed by atoms with Crippen LogP contribution in [0.4, 0.5) is 19.0 Å². The Balaban J connectivity index is 2.35. The standard InChI is InChI=1S/C16H9F3N2O2/c17-16(18,19)11-6-7-14-13(8-11)12(9-15(20-14)21(22)23)10-4-2-1-3-5-10/h1-9H. The van der Waals surface area contributed by atoms with Crippen molar-refractivity contribution in [2.75, 3.05) is 0 Å². The molecule has 0 atom stereocenters. The van der Waals surface area contributed by atoms with Gasteiger partial charge in [0.2, 0.25) is 0 Å². The minimum absolute atomic E-state index is 0.144. The third-order valence-electron chi connectivity index (χ3n) is 3.39. The van der Waals surface area contributed by atoms with E-state index in [9.17, 15) is 23.3 Å². The molecule has 3 rings (SSSR count). The van der Waals surface area contributed by atoms with Crippen LogP contribution in [0.1, 0.15) is 5.56 Å². The minimum atomic E-state index is -4.50. The van der Waals surface area contributed by atoms with Crippen molar-refractivity contribution >= 4 is 16.7 Å². The Morgan fingerprint density at radius 3 is 2.30 bits per heavy atom. The second-order valence-electron chi connectivity index (χ2n) is 4.88. The van der Waals surface area contributed by atoms with E-state index in [0.717, 1.165) is 18.2 Å². The zero-order chi connectivity index (χ0) is 16.6. The highest BCUT2D eigenvalue weighted by Gasteiger charge is 2.31. The van der Waals surface area contributed by atoms with Crippen molar-refractivity contribution in [3.8, 4) is 11.1 Å². The van der Waals surface area contributed by atoms with E-state index in [4.69, 9.17) is 0 Å². The number of fused-ring (bicyclic) bond motifs is 1. The Hall–Kier alpha value is -2.96. The number of halogens is 3. The lowest BCUT2D eigenvalue weighted by atomic mass is 9.99. The molecule has 0 N–H and O–H groups in total. The molecule has 0 aliphatic carbocycles. The zero-order valence-electron chi connectivity index (χ0n) is 11.5. The van der Waals surface area contributed by atoms with Gasteiger partial charge in [0.15, 0.2) is 5.52 Å². The van der Waals surface area contributed by atoms with Gasteiger partial charge in [-0.2, -0.15) is 13.2 Å². The van der Waals surface area contributed by atoms with Gasteiger partial charge in [-0.05, 0) is 33.7 Å². The molecule has 0 saturated heterocycles. The van der Waals surface area contributed by atoms with Gasteiger partial charge in [-0.25, -0.2) is 0 Å². The highest BCUT2D eigenvalue weighted by atomic mass is 19.4. The first-order valence-corrected chi connectivity index (χ1v) is 6.58. The van der Waals surface area contributed by atoms with Crippen molar-refractivity contribution in [1.29, 1.82) is 0 Å². The Labute approximate surface area is 128 Å². The molecule has 0 spiro atoms. The lowest BCUT2D eigenvalue weighted by Gasteiger charge is -2.09. The Bertz CT molecular complexity index is 893. The van der Waals surface area contributed by atoms with Crippen LogP contribution >= 0.6 is 0 Å². The molecule has 0 saturated carbocycles. The number of nitro groups is 1. The molecule has 4 nitrogen and oxygen atoms in total. The van der Waals surface area contributed by atoms with Gasteiger partial charge in [0.25, 0.3) is 0 Å². The molecule has 116 valence electrons. The van der Waals surface area contributed by atoms with E-state index < -0.39 is 22.5 Å². The predicted molar refractivity (Wildman–Crippen MR) is 78.8 cm³/mol. The SMILES string of the molecule is O=[N+]([O-])c1cc(-c2ccccc2)c2cc(C(F)(F)F)ccc2n1. The quantitative estimate of drug-likeness (QED) is 0.502. The number of aromatic nitrogens is 1. The third-order valence-corrected chi connectivity index (χ3v) is 3.39. The first-order chi connectivity index (χ1) is 10.9. The summed E-state index contributed by atoms with van der Waals surface area (Å²) in [5.41, 5.74) is 0.250. The summed E-state index contributed by atoms with van der Waals surface area (Å²) >= 11 is 0. The maximum Gasteiger partial charge on any atom is 0.416 e. The average Bonchev–Trinajstić information content (AvgIpc) is 2.53. The fourth-order valence-corrected chi connectivity index (χ4v) is 2.34. The van der Waals surface area contributed by atoms with Crippen molar-refractivity contribution in [2.24, 2.45) is 0 Å². The zero-order valence-corrected chi connectivity index (χ0v) is 11.5. The van der Waals surface area contributed by atoms with E-state index in [1.165, 1.54) is 6.07 Å². The van der Waals surface area contributed by atoms with Crippen LogP contribution in [-0.4, -0.2) is 9.91 Å². The summed E-state index contributed by atoms with van der Waals surface area (Å²) in [6, 6.07) is 12.7. The van der Waals surface area contributed by atoms with E-state index >= 15 is 0 Å². The van der Waals surface area contributed by atoms with Crippen LogP contribution in [0, 0.1) is 10.1 Å². The number of rotatable bonds is 2. The molecule has 0 amide bonds. The number of nitrogens with zero attached hydrogens (tertiary/aromatic N) is 2. The lowest BCUT2D eigenvalue weighted by Crippen LogP contribution is -2.05. The molecule has 2 aromatic carbocycles. The Morgan fingerprint density at radius 2 is 1.70 bits per heavy atom. The maximum absolute atomic E-state index is 12.9. The molecule has 0 aliphatic rings. The molecule has 0 fully saturated rings. The van der Waals surface area contributed by atoms with Gasteiger partial charge in [0.05, 0.1) is 5.56 Å². The number of hydrogen-bond acceptors (Lipinski definition) is 3. The van der Waals surface area contributed by atoms with E-state index in [-0.39, 0.29) is 10.9 Å². The summed E-state index contributed by atoms with van der Waals surface area (Å²) in [5.74, 6) is -0.406. The molecule has 23 heavy (non-hydrogen) atoms. The summed E-state index contributed by atoms with van der Waals surface area (Å²) in [6.07, 6.45) is -4.50. The van der Waals surface area contributed by atoms with Crippen molar-refractivity contribution in [3.63, 3.8) is 0 Å². The smallest absolute Gasteiger partial charge is 0.358 e. The van der Waals surface area contributed by atoms with Gasteiger partial charge >= 0.3 is 12.0 Å². The van der Waals surface area contributed by atoms with Crippen LogP contribution in [0.25, 0.3) is 22.0 Å². The predicted octanol–water partition coefficient (Wildman–Crippen LogP) is 4.83. The highest BCUT2D eigenvalue weighted by molar-refractivity contribution is 5.96. The number of alkyl halides is 3. The second-order valence-corrected chi connectivity index (χ2v) is 4.88. The molecule has 1 aromatic heterocycles. The molecule has 0 unspecified atom stereocenters. The van der Waals surface area contributed by atoms with Gasteiger partial charge in [0, 0.05) is 17.0 Å². The van der Waals surface area contributed by atoms with Gasteiger partial charge in [-0.15, -0.1) is 0 Å². The summed E-state index contributed by atoms with van der Waals surface area (Å²) in [4.78, 5) is 14.2. The lowest BCUT2D eigenvalue weighted by molar-refractivity contribution is -0.389. The van der Waals surface area contributed by atoms with Crippen molar-refractivity contribution < 1.29 is 18.1 Å². The van der Waals surface area contributed by atoms with Gasteiger partial charge in [-0.1, -0.05) is 30.3 Å². The first-order valence-electron chi connectivity index (χ1n) is 6.58. The Kier molecular flexibility index (Phi) is 3.48. The normalized spacial score (nSPS) is 11.6. The van der Waals surface area contributed by atoms with Crippen LogP contribution in [-0.2, 0) is 6.18 Å². The monoisotopic (exact) mass is 318 g/mol. The molecule has 0 aliphatic heterocycles. The van der Waals surface area contributed by atoms with E-state index in [1.54, 1.807) is 30.3 Å². The summed E-state index contributed by atoms with van der Waals surface area (Å²) < 4.78 is 38.8. The molecular weight excluding hydrogens is 309 g/mol. The van der Waals surface area contributed by atoms with Gasteiger partial charge in [-0.3, -0.25) is 0 Å². The van der Waals surface area contributed by atoms with Gasteiger partial charge < -0.3 is 10.1 Å². The van der Waals surface area contributed by atoms with Crippen LogP contribution < -0.4 is 0 Å². The van der Waals surface area contributed by atoms with Crippen molar-refractivity contribution in [1.82, 2.24) is 4.98 Å². The largest absolute Gasteiger partial charge is 0.416 e. The average molecular weight is 318 g/mol. The maximum atomic E-state index is 12.9. The Morgan fingerprint density at radius 1 is 1.00 bits per heavy atom. The van der Waals surface area contributed by atoms with E-state index in [2.05, 4.69) is 4.98 Å². The molecule has 0 bridgehead atoms. The molecule has 3 aromatic rings. The van der Waals surface area contributed by atoms with Gasteiger partial charge in [0.1, 0.15) is 0 Å². The topological polar surface area (TPSA) is 56.0 Å². The molecule has 1 heterocycles. The number of pyridine rings is 1. The summed E-state index contributed by atoms with van der Waals surface area (Å²) in [5, 5.41) is 11.2. The van der Waals surface area contributed by atoms with Crippen LogP contribution in [0.15, 0.2) is 54.6 Å². The molecule has 0 radical (unpaired) electrons. The second kappa shape index (κ2) is 5.35. The summed E-state index contributed by atoms with van der Waals surface area (Å²) in [7, 11) is 0. The number of hydrogen-bond donors (Lipinski definition) is 0. The van der Waals surface area contributed by atoms with E-state index in [1.807, 2.05) is 0 Å². The van der Waals surface area contributed by atoms with E-state index in [0.29, 0.717) is 11.1 Å². The fraction of sp³-hybridized carbons (Fsp3) is 0.0625. The fourth-order valence-electron chi connectivity index (χ4n) is 2.34. The minimum Gasteiger partial charge on any atom is -0.358 e. The third kappa shape index (κ3) is 2.85. The molecule has 7 heteroatoms. The van der Waals surface area contributed by atoms with Crippen LogP contribution in [0.3, 0.4) is 0 Å². The first kappa shape index (κ1) is 15.0. The van der Waals surface area contributed by atoms with Crippen LogP contribution in [0.5, 0.6) is 0 Å². The number of benzene rings is 2. The van der Waals surface area contributed by atoms with Crippen molar-refractivity contribution in [3.05, 3.63) is 70.3 Å². The summed E-state index contributed by atoms with van der Waals surface area (Å²) in [6.45, 7) is 0. The van der Waals surface area contributed by atoms with Crippen LogP contribution in [0.2, 0.25) is 0 Å². The highest BCUT2D eigenvalue weighted by Crippen LogP contribution is 2.36. The van der Waals surface area contributed by atoms with Crippen molar-refractivity contribution in [2.45, 2.75) is 6.18 Å².